The van der Waals surface area contributed by atoms with Crippen LogP contribution in [0.2, 0.25) is 0 Å². The molecule has 24 heavy (non-hydrogen) atoms. The van der Waals surface area contributed by atoms with Gasteiger partial charge in [0, 0.05) is 6.54 Å². The van der Waals surface area contributed by atoms with Gasteiger partial charge in [0.15, 0.2) is 0 Å². The molecule has 1 aromatic carbocycles. The lowest BCUT2D eigenvalue weighted by molar-refractivity contribution is 0.0686. The second-order valence-electron chi connectivity index (χ2n) is 5.90. The smallest absolute Gasteiger partial charge is 0.352 e. The fraction of sp³-hybridized carbons (Fsp3) is 0.353. The van der Waals surface area contributed by atoms with Gasteiger partial charge in [0.1, 0.15) is 5.69 Å². The van der Waals surface area contributed by atoms with Crippen LogP contribution in [-0.4, -0.2) is 38.6 Å². The fourth-order valence-corrected chi connectivity index (χ4v) is 3.05. The number of benzene rings is 1. The van der Waals surface area contributed by atoms with Crippen LogP contribution in [0.1, 0.15) is 35.3 Å². The molecule has 0 radical (unpaired) electrons. The first-order valence-electron chi connectivity index (χ1n) is 7.97. The lowest BCUT2D eigenvalue weighted by Crippen LogP contribution is -2.41. The molecule has 7 nitrogen and oxygen atoms in total. The van der Waals surface area contributed by atoms with Crippen LogP contribution < -0.4 is 11.2 Å². The van der Waals surface area contributed by atoms with Gasteiger partial charge in [0.2, 0.25) is 0 Å². The maximum Gasteiger partial charge on any atom is 0.352 e. The number of carboxylic acids is 1. The van der Waals surface area contributed by atoms with Crippen molar-refractivity contribution in [1.29, 1.82) is 0 Å². The quantitative estimate of drug-likeness (QED) is 0.879. The van der Waals surface area contributed by atoms with E-state index in [1.807, 2.05) is 0 Å². The van der Waals surface area contributed by atoms with Crippen LogP contribution in [0.25, 0.3) is 5.69 Å². The highest BCUT2D eigenvalue weighted by Gasteiger charge is 2.22. The van der Waals surface area contributed by atoms with Gasteiger partial charge in [0.05, 0.1) is 11.3 Å². The third-order valence-electron chi connectivity index (χ3n) is 4.26. The highest BCUT2D eigenvalue weighted by molar-refractivity contribution is 5.86. The van der Waals surface area contributed by atoms with E-state index in [0.717, 1.165) is 36.9 Å². The van der Waals surface area contributed by atoms with Gasteiger partial charge < -0.3 is 10.1 Å². The van der Waals surface area contributed by atoms with Crippen molar-refractivity contribution >= 4 is 5.97 Å². The molecule has 0 aliphatic carbocycles. The summed E-state index contributed by atoms with van der Waals surface area (Å²) in [4.78, 5) is 41.0. The molecular formula is C17H19N3O4. The lowest BCUT2D eigenvalue weighted by atomic mass is 10.1. The average Bonchev–Trinajstić information content (AvgIpc) is 2.59. The number of carboxylic acid groups (broad SMARTS) is 1. The van der Waals surface area contributed by atoms with Crippen molar-refractivity contribution in [2.75, 3.05) is 13.1 Å². The van der Waals surface area contributed by atoms with E-state index in [1.54, 1.807) is 30.3 Å². The third-order valence-corrected chi connectivity index (χ3v) is 4.26. The van der Waals surface area contributed by atoms with Gasteiger partial charge >= 0.3 is 11.7 Å². The van der Waals surface area contributed by atoms with Gasteiger partial charge in [-0.25, -0.2) is 14.2 Å². The Morgan fingerprint density at radius 1 is 1.08 bits per heavy atom. The maximum absolute atomic E-state index is 12.8. The molecule has 0 bridgehead atoms. The summed E-state index contributed by atoms with van der Waals surface area (Å²) in [5.74, 6) is -1.29. The van der Waals surface area contributed by atoms with Gasteiger partial charge in [0.25, 0.3) is 5.56 Å². The Labute approximate surface area is 138 Å². The molecule has 7 heteroatoms. The van der Waals surface area contributed by atoms with E-state index in [0.29, 0.717) is 5.69 Å². The minimum Gasteiger partial charge on any atom is -0.477 e. The zero-order valence-corrected chi connectivity index (χ0v) is 13.2. The van der Waals surface area contributed by atoms with Gasteiger partial charge in [-0.3, -0.25) is 9.69 Å². The molecule has 0 atom stereocenters. The van der Waals surface area contributed by atoms with E-state index >= 15 is 0 Å². The van der Waals surface area contributed by atoms with Crippen molar-refractivity contribution in [3.8, 4) is 5.69 Å². The van der Waals surface area contributed by atoms with E-state index in [4.69, 9.17) is 0 Å². The van der Waals surface area contributed by atoms with Gasteiger partial charge in [-0.15, -0.1) is 0 Å². The number of aromatic nitrogens is 2. The molecular weight excluding hydrogens is 310 g/mol. The second kappa shape index (κ2) is 6.84. The van der Waals surface area contributed by atoms with Crippen molar-refractivity contribution in [1.82, 2.24) is 14.5 Å². The molecule has 2 aromatic rings. The Morgan fingerprint density at radius 3 is 2.38 bits per heavy atom. The van der Waals surface area contributed by atoms with Crippen LogP contribution in [0.15, 0.2) is 39.9 Å². The minimum atomic E-state index is -1.29. The third kappa shape index (κ3) is 3.16. The molecule has 1 fully saturated rings. The first-order chi connectivity index (χ1) is 11.6. The number of nitrogens with one attached hydrogen (secondary N) is 1. The number of carbonyl (C=O) groups is 1. The summed E-state index contributed by atoms with van der Waals surface area (Å²) in [6.07, 6.45) is 3.19. The Hall–Kier alpha value is -2.67. The molecule has 1 aliphatic heterocycles. The van der Waals surface area contributed by atoms with Gasteiger partial charge in [-0.05, 0) is 38.1 Å². The number of piperidine rings is 1. The summed E-state index contributed by atoms with van der Waals surface area (Å²) in [5, 5.41) is 9.37. The molecule has 2 heterocycles. The van der Waals surface area contributed by atoms with Gasteiger partial charge in [-0.2, -0.15) is 0 Å². The number of hydrogen-bond donors (Lipinski definition) is 2. The molecule has 126 valence electrons. The molecule has 1 saturated heterocycles. The number of nitrogens with zero attached hydrogens (tertiary/aromatic N) is 2. The van der Waals surface area contributed by atoms with Gasteiger partial charge in [-0.1, -0.05) is 24.6 Å². The normalized spacial score (nSPS) is 15.3. The lowest BCUT2D eigenvalue weighted by Gasteiger charge is -2.26. The number of para-hydroxylation sites is 1. The number of likely N-dealkylation sites (tertiary alicyclic amines) is 1. The number of H-pyrrole nitrogens is 1. The van der Waals surface area contributed by atoms with Crippen molar-refractivity contribution in [3.63, 3.8) is 0 Å². The molecule has 0 amide bonds. The van der Waals surface area contributed by atoms with Crippen LogP contribution in [0, 0.1) is 0 Å². The largest absolute Gasteiger partial charge is 0.477 e. The monoisotopic (exact) mass is 329 g/mol. The van der Waals surface area contributed by atoms with Crippen molar-refractivity contribution < 1.29 is 9.90 Å². The maximum atomic E-state index is 12.8. The van der Waals surface area contributed by atoms with E-state index < -0.39 is 17.2 Å². The van der Waals surface area contributed by atoms with E-state index in [1.165, 1.54) is 0 Å². The molecule has 2 N–H and O–H groups in total. The minimum absolute atomic E-state index is 0.118. The summed E-state index contributed by atoms with van der Waals surface area (Å²) in [5.41, 5.74) is -1.10. The Morgan fingerprint density at radius 2 is 1.75 bits per heavy atom. The molecule has 0 saturated carbocycles. The standard InChI is InChI=1S/C17H19N3O4/c21-15-13(11-19-9-5-2-6-10-19)14(16(22)23)18-17(24)20(15)12-7-3-1-4-8-12/h1,3-4,7-8H,2,5-6,9-11H2,(H,18,24)(H,22,23). The van der Waals surface area contributed by atoms with Crippen molar-refractivity contribution in [2.45, 2.75) is 25.8 Å². The van der Waals surface area contributed by atoms with Crippen LogP contribution in [0.4, 0.5) is 0 Å². The first kappa shape index (κ1) is 16.2. The van der Waals surface area contributed by atoms with E-state index in [2.05, 4.69) is 9.88 Å². The summed E-state index contributed by atoms with van der Waals surface area (Å²) in [6, 6.07) is 8.50. The second-order valence-corrected chi connectivity index (χ2v) is 5.90. The summed E-state index contributed by atoms with van der Waals surface area (Å²) < 4.78 is 0.992. The molecule has 1 aromatic heterocycles. The van der Waals surface area contributed by atoms with E-state index in [9.17, 15) is 19.5 Å². The van der Waals surface area contributed by atoms with Crippen LogP contribution >= 0.6 is 0 Å². The van der Waals surface area contributed by atoms with Crippen molar-refractivity contribution in [3.05, 3.63) is 62.4 Å². The number of rotatable bonds is 4. The Balaban J connectivity index is 2.12. The van der Waals surface area contributed by atoms with Crippen LogP contribution in [-0.2, 0) is 6.54 Å². The zero-order valence-electron chi connectivity index (χ0n) is 13.2. The van der Waals surface area contributed by atoms with Crippen LogP contribution in [0.3, 0.4) is 0 Å². The molecule has 1 aliphatic rings. The van der Waals surface area contributed by atoms with Crippen LogP contribution in [0.5, 0.6) is 0 Å². The highest BCUT2D eigenvalue weighted by Crippen LogP contribution is 2.13. The Kier molecular flexibility index (Phi) is 4.61. The number of aromatic carboxylic acids is 1. The average molecular weight is 329 g/mol. The zero-order chi connectivity index (χ0) is 17.1. The predicted octanol–water partition coefficient (Wildman–Crippen LogP) is 1.21. The molecule has 0 spiro atoms. The Bertz CT molecular complexity index is 848. The molecule has 0 unspecified atom stereocenters. The first-order valence-corrected chi connectivity index (χ1v) is 7.97. The topological polar surface area (TPSA) is 95.4 Å². The number of aromatic amines is 1. The fourth-order valence-electron chi connectivity index (χ4n) is 3.05. The summed E-state index contributed by atoms with van der Waals surface area (Å²) in [6.45, 7) is 1.87. The predicted molar refractivity (Wildman–Crippen MR) is 88.7 cm³/mol. The van der Waals surface area contributed by atoms with Crippen molar-refractivity contribution in [2.24, 2.45) is 0 Å². The highest BCUT2D eigenvalue weighted by atomic mass is 16.4. The summed E-state index contributed by atoms with van der Waals surface area (Å²) in [7, 11) is 0. The SMILES string of the molecule is O=C(O)c1[nH]c(=O)n(-c2ccccc2)c(=O)c1CN1CCCCC1. The number of hydrogen-bond acceptors (Lipinski definition) is 4. The van der Waals surface area contributed by atoms with E-state index in [-0.39, 0.29) is 17.8 Å². The molecule has 3 rings (SSSR count). The summed E-state index contributed by atoms with van der Waals surface area (Å²) >= 11 is 0.